The van der Waals surface area contributed by atoms with Gasteiger partial charge < -0.3 is 10.0 Å². The van der Waals surface area contributed by atoms with Gasteiger partial charge in [0.2, 0.25) is 0 Å². The first-order valence-electron chi connectivity index (χ1n) is 7.14. The molecule has 0 bridgehead atoms. The summed E-state index contributed by atoms with van der Waals surface area (Å²) >= 11 is 5.93. The Balaban J connectivity index is 1.91. The van der Waals surface area contributed by atoms with Gasteiger partial charge in [0, 0.05) is 24.5 Å². The van der Waals surface area contributed by atoms with Crippen molar-refractivity contribution in [2.75, 3.05) is 18.0 Å². The van der Waals surface area contributed by atoms with E-state index in [0.29, 0.717) is 29.7 Å². The van der Waals surface area contributed by atoms with Crippen LogP contribution in [0.15, 0.2) is 18.5 Å². The second-order valence-electron chi connectivity index (χ2n) is 5.34. The third-order valence-electron chi connectivity index (χ3n) is 3.77. The Labute approximate surface area is 136 Å². The summed E-state index contributed by atoms with van der Waals surface area (Å²) in [6.07, 6.45) is 3.12. The van der Waals surface area contributed by atoms with Gasteiger partial charge in [0.15, 0.2) is 5.82 Å². The number of aromatic nitrogens is 2. The van der Waals surface area contributed by atoms with Gasteiger partial charge in [0.1, 0.15) is 5.15 Å². The second-order valence-corrected chi connectivity index (χ2v) is 5.73. The number of hydrazine groups is 1. The van der Waals surface area contributed by atoms with Crippen molar-refractivity contribution in [2.45, 2.75) is 18.9 Å². The molecule has 3 N–H and O–H groups in total. The van der Waals surface area contributed by atoms with Crippen LogP contribution in [0, 0.1) is 5.82 Å². The molecular formula is C14H15ClFN5O2. The van der Waals surface area contributed by atoms with Crippen LogP contribution in [-0.4, -0.2) is 40.3 Å². The summed E-state index contributed by atoms with van der Waals surface area (Å²) in [4.78, 5) is 20.4. The molecule has 7 nitrogen and oxygen atoms in total. The van der Waals surface area contributed by atoms with E-state index in [1.165, 1.54) is 12.4 Å². The molecule has 1 saturated heterocycles. The van der Waals surface area contributed by atoms with Gasteiger partial charge in [-0.15, -0.1) is 0 Å². The summed E-state index contributed by atoms with van der Waals surface area (Å²) in [6, 6.07) is 1.48. The summed E-state index contributed by atoms with van der Waals surface area (Å²) in [6.45, 7) is 1.14. The van der Waals surface area contributed by atoms with Crippen molar-refractivity contribution < 1.29 is 14.3 Å². The molecule has 0 saturated carbocycles. The van der Waals surface area contributed by atoms with Gasteiger partial charge in [-0.25, -0.2) is 19.6 Å². The van der Waals surface area contributed by atoms with Crippen LogP contribution in [-0.2, 0) is 0 Å². The van der Waals surface area contributed by atoms with Gasteiger partial charge in [0.25, 0.3) is 0 Å². The van der Waals surface area contributed by atoms with E-state index in [-0.39, 0.29) is 11.2 Å². The van der Waals surface area contributed by atoms with Crippen molar-refractivity contribution in [3.05, 3.63) is 29.4 Å². The fourth-order valence-corrected chi connectivity index (χ4v) is 2.97. The predicted molar refractivity (Wildman–Crippen MR) is 84.0 cm³/mol. The number of pyridine rings is 2. The summed E-state index contributed by atoms with van der Waals surface area (Å²) < 4.78 is 14.4. The molecular weight excluding hydrogens is 325 g/mol. The second kappa shape index (κ2) is 6.51. The largest absolute Gasteiger partial charge is 0.464 e. The van der Waals surface area contributed by atoms with Crippen molar-refractivity contribution in [2.24, 2.45) is 0 Å². The first kappa shape index (κ1) is 15.7. The highest BCUT2D eigenvalue weighted by Crippen LogP contribution is 2.31. The first-order chi connectivity index (χ1) is 11.0. The number of hydrogen-bond donors (Lipinski definition) is 3. The van der Waals surface area contributed by atoms with E-state index in [1.807, 2.05) is 4.90 Å². The summed E-state index contributed by atoms with van der Waals surface area (Å²) in [5, 5.41) is 9.53. The number of hydrogen-bond acceptors (Lipinski definition) is 5. The molecule has 9 heteroatoms. The fraction of sp³-hybridized carbons (Fsp3) is 0.357. The van der Waals surface area contributed by atoms with Crippen LogP contribution in [0.3, 0.4) is 0 Å². The van der Waals surface area contributed by atoms with Gasteiger partial charge in [-0.3, -0.25) is 10.4 Å². The molecule has 0 radical (unpaired) electrons. The standard InChI is InChI=1S/C14H15ClFN5O2/c15-12-4-9-11(6-18-12)17-5-10(16)13(9)21-3-1-2-8(7-21)19-20-14(22)23/h4-6,8,19-20H,1-3,7H2,(H,22,23). The number of rotatable bonds is 3. The normalized spacial score (nSPS) is 18.2. The number of nitrogens with zero attached hydrogens (tertiary/aromatic N) is 3. The summed E-state index contributed by atoms with van der Waals surface area (Å²) in [5.41, 5.74) is 5.86. The molecule has 0 spiro atoms. The lowest BCUT2D eigenvalue weighted by Gasteiger charge is -2.35. The van der Waals surface area contributed by atoms with Crippen molar-refractivity contribution in [3.8, 4) is 0 Å². The van der Waals surface area contributed by atoms with Crippen LogP contribution in [0.1, 0.15) is 12.8 Å². The zero-order valence-electron chi connectivity index (χ0n) is 12.1. The lowest BCUT2D eigenvalue weighted by Crippen LogP contribution is -2.52. The molecule has 0 aliphatic carbocycles. The third-order valence-corrected chi connectivity index (χ3v) is 3.98. The Hall–Kier alpha value is -2.19. The van der Waals surface area contributed by atoms with Crippen molar-refractivity contribution in [3.63, 3.8) is 0 Å². The molecule has 2 aromatic heterocycles. The van der Waals surface area contributed by atoms with Gasteiger partial charge in [-0.05, 0) is 18.9 Å². The number of nitrogens with one attached hydrogen (secondary N) is 2. The van der Waals surface area contributed by atoms with E-state index < -0.39 is 11.9 Å². The van der Waals surface area contributed by atoms with Gasteiger partial charge >= 0.3 is 6.09 Å². The molecule has 1 fully saturated rings. The van der Waals surface area contributed by atoms with Gasteiger partial charge in [-0.2, -0.15) is 0 Å². The fourth-order valence-electron chi connectivity index (χ4n) is 2.81. The Morgan fingerprint density at radius 1 is 1.43 bits per heavy atom. The lowest BCUT2D eigenvalue weighted by atomic mass is 10.0. The molecule has 23 heavy (non-hydrogen) atoms. The minimum Gasteiger partial charge on any atom is -0.464 e. The average molecular weight is 340 g/mol. The molecule has 2 aromatic rings. The van der Waals surface area contributed by atoms with Crippen LogP contribution in [0.5, 0.6) is 0 Å². The highest BCUT2D eigenvalue weighted by atomic mass is 35.5. The number of carboxylic acid groups (broad SMARTS) is 1. The molecule has 3 rings (SSSR count). The van der Waals surface area contributed by atoms with Crippen LogP contribution < -0.4 is 15.8 Å². The smallest absolute Gasteiger partial charge is 0.419 e. The number of amides is 1. The first-order valence-corrected chi connectivity index (χ1v) is 7.51. The topological polar surface area (TPSA) is 90.4 Å². The van der Waals surface area contributed by atoms with E-state index in [1.54, 1.807) is 6.07 Å². The molecule has 1 aliphatic heterocycles. The SMILES string of the molecule is O=C(O)NNC1CCCN(c2c(F)cnc3cnc(Cl)cc23)C1. The maximum Gasteiger partial charge on any atom is 0.419 e. The minimum absolute atomic E-state index is 0.111. The van der Waals surface area contributed by atoms with E-state index in [0.717, 1.165) is 12.8 Å². The zero-order valence-corrected chi connectivity index (χ0v) is 12.8. The maximum atomic E-state index is 14.4. The molecule has 3 heterocycles. The van der Waals surface area contributed by atoms with Gasteiger partial charge in [-0.1, -0.05) is 11.6 Å². The highest BCUT2D eigenvalue weighted by molar-refractivity contribution is 6.30. The quantitative estimate of drug-likeness (QED) is 0.586. The highest BCUT2D eigenvalue weighted by Gasteiger charge is 2.24. The third kappa shape index (κ3) is 3.43. The van der Waals surface area contributed by atoms with Crippen molar-refractivity contribution >= 4 is 34.3 Å². The van der Waals surface area contributed by atoms with Crippen LogP contribution in [0.2, 0.25) is 5.15 Å². The van der Waals surface area contributed by atoms with Crippen molar-refractivity contribution in [1.82, 2.24) is 20.8 Å². The number of halogens is 2. The Bertz CT molecular complexity index is 739. The number of anilines is 1. The molecule has 1 atom stereocenters. The van der Waals surface area contributed by atoms with Crippen LogP contribution in [0.25, 0.3) is 10.9 Å². The summed E-state index contributed by atoms with van der Waals surface area (Å²) in [7, 11) is 0. The van der Waals surface area contributed by atoms with E-state index in [2.05, 4.69) is 20.8 Å². The van der Waals surface area contributed by atoms with E-state index in [9.17, 15) is 9.18 Å². The van der Waals surface area contributed by atoms with E-state index >= 15 is 0 Å². The Kier molecular flexibility index (Phi) is 4.44. The number of fused-ring (bicyclic) bond motifs is 1. The molecule has 1 unspecified atom stereocenters. The van der Waals surface area contributed by atoms with Crippen molar-refractivity contribution in [1.29, 1.82) is 0 Å². The zero-order chi connectivity index (χ0) is 16.4. The molecule has 1 aliphatic rings. The van der Waals surface area contributed by atoms with Gasteiger partial charge in [0.05, 0.1) is 23.6 Å². The minimum atomic E-state index is -1.15. The molecule has 0 aromatic carbocycles. The van der Waals surface area contributed by atoms with E-state index in [4.69, 9.17) is 16.7 Å². The number of carbonyl (C=O) groups is 1. The average Bonchev–Trinajstić information content (AvgIpc) is 2.53. The lowest BCUT2D eigenvalue weighted by molar-refractivity contribution is 0.185. The monoisotopic (exact) mass is 339 g/mol. The summed E-state index contributed by atoms with van der Waals surface area (Å²) in [5.74, 6) is -0.438. The maximum absolute atomic E-state index is 14.4. The molecule has 122 valence electrons. The predicted octanol–water partition coefficient (Wildman–Crippen LogP) is 2.16. The number of piperidine rings is 1. The molecule has 1 amide bonds. The van der Waals surface area contributed by atoms with Crippen LogP contribution >= 0.6 is 11.6 Å². The van der Waals surface area contributed by atoms with Crippen LogP contribution in [0.4, 0.5) is 14.9 Å². The Morgan fingerprint density at radius 2 is 2.26 bits per heavy atom. The Morgan fingerprint density at radius 3 is 3.04 bits per heavy atom.